The predicted molar refractivity (Wildman–Crippen MR) is 97.8 cm³/mol. The normalized spacial score (nSPS) is 17.2. The van der Waals surface area contributed by atoms with Crippen LogP contribution in [0.1, 0.15) is 17.2 Å². The van der Waals surface area contributed by atoms with Crippen molar-refractivity contribution in [1.29, 1.82) is 0 Å². The SMILES string of the molecule is COCc1cc(Cl)ccc1NC(=O)N1CCOCC1c1ccc(F)cc1. The number of nitrogens with zero attached hydrogens (tertiary/aromatic N) is 1. The number of carbonyl (C=O) groups excluding carboxylic acids is 1. The minimum Gasteiger partial charge on any atom is -0.380 e. The van der Waals surface area contributed by atoms with Crippen LogP contribution in [0.3, 0.4) is 0 Å². The second kappa shape index (κ2) is 8.49. The molecule has 1 atom stereocenters. The van der Waals surface area contributed by atoms with Gasteiger partial charge < -0.3 is 19.7 Å². The van der Waals surface area contributed by atoms with Crippen molar-refractivity contribution in [2.75, 3.05) is 32.2 Å². The largest absolute Gasteiger partial charge is 0.380 e. The van der Waals surface area contributed by atoms with Crippen LogP contribution in [0.25, 0.3) is 0 Å². The number of methoxy groups -OCH3 is 1. The Balaban J connectivity index is 1.80. The topological polar surface area (TPSA) is 50.8 Å². The first kappa shape index (κ1) is 18.6. The average Bonchev–Trinajstić information content (AvgIpc) is 2.65. The van der Waals surface area contributed by atoms with E-state index in [9.17, 15) is 9.18 Å². The molecule has 2 aromatic carbocycles. The Morgan fingerprint density at radius 1 is 1.35 bits per heavy atom. The fraction of sp³-hybridized carbons (Fsp3) is 0.316. The van der Waals surface area contributed by atoms with Crippen molar-refractivity contribution in [2.45, 2.75) is 12.6 Å². The zero-order valence-corrected chi connectivity index (χ0v) is 15.1. The molecule has 0 saturated carbocycles. The summed E-state index contributed by atoms with van der Waals surface area (Å²) in [6.07, 6.45) is 0. The maximum Gasteiger partial charge on any atom is 0.322 e. The third-order valence-electron chi connectivity index (χ3n) is 4.25. The molecule has 0 aliphatic carbocycles. The van der Waals surface area contributed by atoms with E-state index in [1.54, 1.807) is 42.3 Å². The molecular weight excluding hydrogens is 359 g/mol. The van der Waals surface area contributed by atoms with Crippen molar-refractivity contribution in [2.24, 2.45) is 0 Å². The Kier molecular flexibility index (Phi) is 6.08. The lowest BCUT2D eigenvalue weighted by Crippen LogP contribution is -2.45. The highest BCUT2D eigenvalue weighted by atomic mass is 35.5. The molecule has 1 heterocycles. The molecule has 0 aromatic heterocycles. The van der Waals surface area contributed by atoms with E-state index in [4.69, 9.17) is 21.1 Å². The van der Waals surface area contributed by atoms with Gasteiger partial charge in [-0.15, -0.1) is 0 Å². The zero-order valence-electron chi connectivity index (χ0n) is 14.4. The zero-order chi connectivity index (χ0) is 18.5. The molecule has 1 N–H and O–H groups in total. The van der Waals surface area contributed by atoms with Crippen molar-refractivity contribution >= 4 is 23.3 Å². The highest BCUT2D eigenvalue weighted by Crippen LogP contribution is 2.27. The number of anilines is 1. The van der Waals surface area contributed by atoms with Gasteiger partial charge in [0.05, 0.1) is 25.9 Å². The third kappa shape index (κ3) is 4.33. The number of amides is 2. The standard InChI is InChI=1S/C19H20ClFN2O3/c1-25-11-14-10-15(20)4-7-17(14)22-19(24)23-8-9-26-12-18(23)13-2-5-16(21)6-3-13/h2-7,10,18H,8-9,11-12H2,1H3,(H,22,24). The van der Waals surface area contributed by atoms with Crippen LogP contribution in [-0.2, 0) is 16.1 Å². The van der Waals surface area contributed by atoms with Gasteiger partial charge in [-0.1, -0.05) is 23.7 Å². The molecule has 1 aliphatic heterocycles. The number of ether oxygens (including phenoxy) is 2. The van der Waals surface area contributed by atoms with Crippen molar-refractivity contribution in [3.8, 4) is 0 Å². The summed E-state index contributed by atoms with van der Waals surface area (Å²) in [5.74, 6) is -0.313. The van der Waals surface area contributed by atoms with E-state index in [1.165, 1.54) is 12.1 Å². The minimum absolute atomic E-state index is 0.248. The fourth-order valence-corrected chi connectivity index (χ4v) is 3.15. The van der Waals surface area contributed by atoms with Crippen LogP contribution in [-0.4, -0.2) is 37.8 Å². The molecule has 7 heteroatoms. The maximum absolute atomic E-state index is 13.2. The molecule has 138 valence electrons. The van der Waals surface area contributed by atoms with Crippen LogP contribution in [0.15, 0.2) is 42.5 Å². The van der Waals surface area contributed by atoms with Crippen LogP contribution in [0.5, 0.6) is 0 Å². The van der Waals surface area contributed by atoms with Crippen LogP contribution in [0, 0.1) is 5.82 Å². The summed E-state index contributed by atoms with van der Waals surface area (Å²) >= 11 is 6.03. The van der Waals surface area contributed by atoms with Crippen molar-refractivity contribution < 1.29 is 18.7 Å². The lowest BCUT2D eigenvalue weighted by Gasteiger charge is -2.36. The molecule has 1 unspecified atom stereocenters. The number of urea groups is 1. The minimum atomic E-state index is -0.313. The van der Waals surface area contributed by atoms with E-state index >= 15 is 0 Å². The monoisotopic (exact) mass is 378 g/mol. The number of morpholine rings is 1. The molecule has 1 saturated heterocycles. The fourth-order valence-electron chi connectivity index (χ4n) is 2.95. The summed E-state index contributed by atoms with van der Waals surface area (Å²) in [6.45, 7) is 1.60. The number of rotatable bonds is 4. The Morgan fingerprint density at radius 3 is 2.85 bits per heavy atom. The number of hydrogen-bond acceptors (Lipinski definition) is 3. The Morgan fingerprint density at radius 2 is 2.12 bits per heavy atom. The van der Waals surface area contributed by atoms with E-state index in [0.29, 0.717) is 37.1 Å². The first-order chi connectivity index (χ1) is 12.6. The summed E-state index contributed by atoms with van der Waals surface area (Å²) in [6, 6.07) is 10.8. The average molecular weight is 379 g/mol. The molecule has 0 radical (unpaired) electrons. The van der Waals surface area contributed by atoms with Crippen LogP contribution >= 0.6 is 11.6 Å². The molecule has 2 amide bonds. The van der Waals surface area contributed by atoms with Crippen LogP contribution in [0.2, 0.25) is 5.02 Å². The number of halogens is 2. The van der Waals surface area contributed by atoms with Gasteiger partial charge in [-0.25, -0.2) is 9.18 Å². The lowest BCUT2D eigenvalue weighted by molar-refractivity contribution is 0.0147. The van der Waals surface area contributed by atoms with Gasteiger partial charge >= 0.3 is 6.03 Å². The van der Waals surface area contributed by atoms with Crippen LogP contribution < -0.4 is 5.32 Å². The van der Waals surface area contributed by atoms with Gasteiger partial charge in [0, 0.05) is 29.9 Å². The summed E-state index contributed by atoms with van der Waals surface area (Å²) in [5.41, 5.74) is 2.26. The summed E-state index contributed by atoms with van der Waals surface area (Å²) in [7, 11) is 1.58. The van der Waals surface area contributed by atoms with Gasteiger partial charge in [0.25, 0.3) is 0 Å². The van der Waals surface area contributed by atoms with Crippen molar-refractivity contribution in [3.63, 3.8) is 0 Å². The van der Waals surface area contributed by atoms with Gasteiger partial charge in [-0.2, -0.15) is 0 Å². The Hall–Kier alpha value is -2.15. The summed E-state index contributed by atoms with van der Waals surface area (Å²) in [5, 5.41) is 3.50. The van der Waals surface area contributed by atoms with E-state index in [1.807, 2.05) is 0 Å². The molecule has 3 rings (SSSR count). The highest BCUT2D eigenvalue weighted by Gasteiger charge is 2.29. The quantitative estimate of drug-likeness (QED) is 0.866. The molecule has 1 fully saturated rings. The first-order valence-corrected chi connectivity index (χ1v) is 8.64. The van der Waals surface area contributed by atoms with Gasteiger partial charge in [-0.05, 0) is 35.9 Å². The molecule has 1 aliphatic rings. The Labute approximate surface area is 156 Å². The smallest absolute Gasteiger partial charge is 0.322 e. The number of hydrogen-bond donors (Lipinski definition) is 1. The molecule has 0 spiro atoms. The molecule has 2 aromatic rings. The molecular formula is C19H20ClFN2O3. The highest BCUT2D eigenvalue weighted by molar-refractivity contribution is 6.30. The van der Waals surface area contributed by atoms with E-state index in [-0.39, 0.29) is 17.9 Å². The number of benzene rings is 2. The van der Waals surface area contributed by atoms with E-state index < -0.39 is 0 Å². The molecule has 26 heavy (non-hydrogen) atoms. The number of nitrogens with one attached hydrogen (secondary N) is 1. The molecule has 5 nitrogen and oxygen atoms in total. The van der Waals surface area contributed by atoms with Crippen molar-refractivity contribution in [3.05, 3.63) is 64.4 Å². The van der Waals surface area contributed by atoms with Gasteiger partial charge in [0.2, 0.25) is 0 Å². The van der Waals surface area contributed by atoms with Crippen molar-refractivity contribution in [1.82, 2.24) is 4.90 Å². The van der Waals surface area contributed by atoms with E-state index in [2.05, 4.69) is 5.32 Å². The van der Waals surface area contributed by atoms with Crippen LogP contribution in [0.4, 0.5) is 14.9 Å². The lowest BCUT2D eigenvalue weighted by atomic mass is 10.1. The number of carbonyl (C=O) groups is 1. The predicted octanol–water partition coefficient (Wildman–Crippen LogP) is 4.23. The summed E-state index contributed by atoms with van der Waals surface area (Å²) in [4.78, 5) is 14.6. The maximum atomic E-state index is 13.2. The second-order valence-electron chi connectivity index (χ2n) is 6.00. The molecule has 0 bridgehead atoms. The third-order valence-corrected chi connectivity index (χ3v) is 4.49. The van der Waals surface area contributed by atoms with E-state index in [0.717, 1.165) is 11.1 Å². The second-order valence-corrected chi connectivity index (χ2v) is 6.44. The van der Waals surface area contributed by atoms with Gasteiger partial charge in [-0.3, -0.25) is 0 Å². The van der Waals surface area contributed by atoms with Gasteiger partial charge in [0.1, 0.15) is 5.82 Å². The Bertz CT molecular complexity index is 770. The first-order valence-electron chi connectivity index (χ1n) is 8.26. The summed E-state index contributed by atoms with van der Waals surface area (Å²) < 4.78 is 23.9. The van der Waals surface area contributed by atoms with Gasteiger partial charge in [0.15, 0.2) is 0 Å².